The number of nitrogens with one attached hydrogen (secondary N) is 1. The van der Waals surface area contributed by atoms with Crippen molar-refractivity contribution in [1.82, 2.24) is 9.62 Å². The third kappa shape index (κ3) is 3.49. The van der Waals surface area contributed by atoms with E-state index in [2.05, 4.69) is 4.72 Å². The average molecular weight is 299 g/mol. The van der Waals surface area contributed by atoms with Gasteiger partial charge in [-0.3, -0.25) is 4.79 Å². The van der Waals surface area contributed by atoms with E-state index in [9.17, 15) is 13.2 Å². The molecule has 0 aromatic heterocycles. The highest BCUT2D eigenvalue weighted by Crippen LogP contribution is 2.24. The average Bonchev–Trinajstić information content (AvgIpc) is 2.39. The first kappa shape index (κ1) is 16.5. The Morgan fingerprint density at radius 2 is 1.95 bits per heavy atom. The van der Waals surface area contributed by atoms with E-state index in [0.29, 0.717) is 12.1 Å². The molecule has 0 saturated carbocycles. The van der Waals surface area contributed by atoms with Crippen molar-refractivity contribution in [2.45, 2.75) is 25.7 Å². The highest BCUT2D eigenvalue weighted by atomic mass is 32.2. The fourth-order valence-corrected chi connectivity index (χ4v) is 3.11. The third-order valence-corrected chi connectivity index (χ3v) is 4.89. The lowest BCUT2D eigenvalue weighted by Crippen LogP contribution is -2.38. The molecule has 0 aliphatic carbocycles. The number of anilines is 1. The van der Waals surface area contributed by atoms with Gasteiger partial charge >= 0.3 is 0 Å². The Balaban J connectivity index is 3.02. The second kappa shape index (κ2) is 6.23. The first-order chi connectivity index (χ1) is 9.20. The van der Waals surface area contributed by atoms with Gasteiger partial charge in [0, 0.05) is 13.6 Å². The number of hydrogen-bond acceptors (Lipinski definition) is 4. The van der Waals surface area contributed by atoms with Crippen LogP contribution in [0.4, 0.5) is 5.69 Å². The molecule has 3 N–H and O–H groups in total. The summed E-state index contributed by atoms with van der Waals surface area (Å²) < 4.78 is 26.9. The van der Waals surface area contributed by atoms with E-state index in [0.717, 1.165) is 5.56 Å². The van der Waals surface area contributed by atoms with Gasteiger partial charge in [-0.15, -0.1) is 0 Å². The first-order valence-corrected chi connectivity index (χ1v) is 7.78. The predicted molar refractivity (Wildman–Crippen MR) is 78.8 cm³/mol. The largest absolute Gasteiger partial charge is 0.398 e. The molecule has 1 amide bonds. The highest BCUT2D eigenvalue weighted by molar-refractivity contribution is 7.89. The van der Waals surface area contributed by atoms with Crippen LogP contribution in [0.25, 0.3) is 0 Å². The van der Waals surface area contributed by atoms with Crippen LogP contribution in [0.3, 0.4) is 0 Å². The molecule has 0 heterocycles. The summed E-state index contributed by atoms with van der Waals surface area (Å²) in [7, 11) is -2.19. The van der Waals surface area contributed by atoms with Crippen LogP contribution in [0.15, 0.2) is 17.0 Å². The Labute approximate surface area is 120 Å². The van der Waals surface area contributed by atoms with E-state index in [4.69, 9.17) is 5.73 Å². The number of carbonyl (C=O) groups excluding carboxylic acids is 1. The number of amides is 1. The molecule has 0 bridgehead atoms. The second-order valence-electron chi connectivity index (χ2n) is 4.66. The van der Waals surface area contributed by atoms with Gasteiger partial charge in [0.2, 0.25) is 15.9 Å². The maximum Gasteiger partial charge on any atom is 0.243 e. The molecule has 0 atom stereocenters. The highest BCUT2D eigenvalue weighted by Gasteiger charge is 2.22. The van der Waals surface area contributed by atoms with Crippen molar-refractivity contribution in [2.24, 2.45) is 0 Å². The van der Waals surface area contributed by atoms with Gasteiger partial charge in [0.15, 0.2) is 0 Å². The molecule has 0 saturated heterocycles. The van der Waals surface area contributed by atoms with Crippen LogP contribution in [-0.2, 0) is 14.8 Å². The van der Waals surface area contributed by atoms with E-state index < -0.39 is 10.0 Å². The maximum atomic E-state index is 12.3. The number of carbonyl (C=O) groups is 1. The van der Waals surface area contributed by atoms with Gasteiger partial charge in [-0.1, -0.05) is 6.07 Å². The van der Waals surface area contributed by atoms with Crippen molar-refractivity contribution < 1.29 is 13.2 Å². The van der Waals surface area contributed by atoms with Gasteiger partial charge in [-0.2, -0.15) is 0 Å². The van der Waals surface area contributed by atoms with Crippen LogP contribution in [0.5, 0.6) is 0 Å². The molecular formula is C13H21N3O3S. The zero-order valence-corrected chi connectivity index (χ0v) is 13.0. The van der Waals surface area contributed by atoms with Crippen LogP contribution < -0.4 is 10.5 Å². The zero-order valence-electron chi connectivity index (χ0n) is 12.2. The Morgan fingerprint density at radius 3 is 2.50 bits per heavy atom. The summed E-state index contributed by atoms with van der Waals surface area (Å²) in [5, 5.41) is 0. The molecule has 20 heavy (non-hydrogen) atoms. The molecule has 0 spiro atoms. The number of sulfonamides is 1. The third-order valence-electron chi connectivity index (χ3n) is 3.29. The van der Waals surface area contributed by atoms with E-state index in [1.54, 1.807) is 26.1 Å². The van der Waals surface area contributed by atoms with Gasteiger partial charge in [0.05, 0.1) is 12.2 Å². The molecule has 0 fully saturated rings. The summed E-state index contributed by atoms with van der Waals surface area (Å²) in [4.78, 5) is 13.1. The molecule has 0 aliphatic rings. The van der Waals surface area contributed by atoms with Crippen molar-refractivity contribution in [3.8, 4) is 0 Å². The SMILES string of the molecule is CCN(C)C(=O)CNS(=O)(=O)c1c(N)ccc(C)c1C. The zero-order chi connectivity index (χ0) is 15.5. The van der Waals surface area contributed by atoms with Crippen LogP contribution in [0.2, 0.25) is 0 Å². The minimum atomic E-state index is -3.80. The fourth-order valence-electron chi connectivity index (χ4n) is 1.71. The number of nitrogen functional groups attached to an aromatic ring is 1. The number of hydrogen-bond donors (Lipinski definition) is 2. The molecule has 7 heteroatoms. The quantitative estimate of drug-likeness (QED) is 0.780. The normalized spacial score (nSPS) is 11.4. The molecule has 1 aromatic rings. The lowest BCUT2D eigenvalue weighted by Gasteiger charge is -2.16. The summed E-state index contributed by atoms with van der Waals surface area (Å²) in [6, 6.07) is 3.32. The van der Waals surface area contributed by atoms with E-state index in [1.165, 1.54) is 4.90 Å². The van der Waals surface area contributed by atoms with Gasteiger partial charge in [-0.05, 0) is 38.0 Å². The molecular weight excluding hydrogens is 278 g/mol. The number of nitrogens with two attached hydrogens (primary N) is 1. The van der Waals surface area contributed by atoms with Crippen molar-refractivity contribution in [1.29, 1.82) is 0 Å². The number of benzene rings is 1. The van der Waals surface area contributed by atoms with Gasteiger partial charge in [0.1, 0.15) is 4.90 Å². The molecule has 1 aromatic carbocycles. The molecule has 112 valence electrons. The maximum absolute atomic E-state index is 12.3. The second-order valence-corrected chi connectivity index (χ2v) is 6.36. The monoisotopic (exact) mass is 299 g/mol. The lowest BCUT2D eigenvalue weighted by atomic mass is 10.1. The van der Waals surface area contributed by atoms with Crippen molar-refractivity contribution in [3.63, 3.8) is 0 Å². The van der Waals surface area contributed by atoms with E-state index in [1.807, 2.05) is 13.8 Å². The van der Waals surface area contributed by atoms with Gasteiger partial charge in [-0.25, -0.2) is 13.1 Å². The standard InChI is InChI=1S/C13H21N3O3S/c1-5-16(4)12(17)8-15-20(18,19)13-10(3)9(2)6-7-11(13)14/h6-7,15H,5,8,14H2,1-4H3. The lowest BCUT2D eigenvalue weighted by molar-refractivity contribution is -0.128. The molecule has 0 aliphatic heterocycles. The predicted octanol–water partition coefficient (Wildman–Crippen LogP) is 0.642. The van der Waals surface area contributed by atoms with Crippen molar-refractivity contribution >= 4 is 21.6 Å². The van der Waals surface area contributed by atoms with Crippen molar-refractivity contribution in [3.05, 3.63) is 23.3 Å². The molecule has 1 rings (SSSR count). The fraction of sp³-hybridized carbons (Fsp3) is 0.462. The van der Waals surface area contributed by atoms with Gasteiger partial charge in [0.25, 0.3) is 0 Å². The van der Waals surface area contributed by atoms with Crippen LogP contribution >= 0.6 is 0 Å². The minimum Gasteiger partial charge on any atom is -0.398 e. The molecule has 0 radical (unpaired) electrons. The van der Waals surface area contributed by atoms with Crippen molar-refractivity contribution in [2.75, 3.05) is 25.9 Å². The van der Waals surface area contributed by atoms with Gasteiger partial charge < -0.3 is 10.6 Å². The topological polar surface area (TPSA) is 92.5 Å². The van der Waals surface area contributed by atoms with E-state index >= 15 is 0 Å². The smallest absolute Gasteiger partial charge is 0.243 e. The van der Waals surface area contributed by atoms with Crippen LogP contribution in [0, 0.1) is 13.8 Å². The number of rotatable bonds is 5. The van der Waals surface area contributed by atoms with Crippen LogP contribution in [0.1, 0.15) is 18.1 Å². The summed E-state index contributed by atoms with van der Waals surface area (Å²) in [5.74, 6) is -0.292. The number of likely N-dealkylation sites (N-methyl/N-ethyl adjacent to an activating group) is 1. The van der Waals surface area contributed by atoms with E-state index in [-0.39, 0.29) is 23.0 Å². The Morgan fingerprint density at radius 1 is 1.35 bits per heavy atom. The summed E-state index contributed by atoms with van der Waals surface area (Å²) in [5.41, 5.74) is 7.35. The number of aryl methyl sites for hydroxylation is 1. The first-order valence-electron chi connectivity index (χ1n) is 6.30. The van der Waals surface area contributed by atoms with Crippen LogP contribution in [-0.4, -0.2) is 39.4 Å². The Bertz CT molecular complexity index is 612. The molecule has 0 unspecified atom stereocenters. The Hall–Kier alpha value is -1.60. The number of nitrogens with zero attached hydrogens (tertiary/aromatic N) is 1. The molecule has 6 nitrogen and oxygen atoms in total. The summed E-state index contributed by atoms with van der Waals surface area (Å²) in [6.07, 6.45) is 0. The Kier molecular flexibility index (Phi) is 5.13. The minimum absolute atomic E-state index is 0.0458. The summed E-state index contributed by atoms with van der Waals surface area (Å²) >= 11 is 0. The summed E-state index contributed by atoms with van der Waals surface area (Å²) in [6.45, 7) is 5.56.